The Morgan fingerprint density at radius 2 is 1.53 bits per heavy atom. The van der Waals surface area contributed by atoms with Gasteiger partial charge in [0.2, 0.25) is 0 Å². The smallest absolute Gasteiger partial charge is 0.308 e. The molecule has 0 aromatic rings. The van der Waals surface area contributed by atoms with Gasteiger partial charge in [-0.25, -0.2) is 0 Å². The van der Waals surface area contributed by atoms with Crippen molar-refractivity contribution in [1.29, 1.82) is 0 Å². The summed E-state index contributed by atoms with van der Waals surface area (Å²) in [5.41, 5.74) is 0. The van der Waals surface area contributed by atoms with Gasteiger partial charge in [0.1, 0.15) is 6.10 Å². The quantitative estimate of drug-likeness (QED) is 0.603. The fourth-order valence-electron chi connectivity index (χ4n) is 1.48. The van der Waals surface area contributed by atoms with Crippen molar-refractivity contribution in [3.05, 3.63) is 0 Å². The summed E-state index contributed by atoms with van der Waals surface area (Å²) in [6, 6.07) is 0. The van der Waals surface area contributed by atoms with Crippen LogP contribution in [0.25, 0.3) is 0 Å². The molecule has 4 heteroatoms. The van der Waals surface area contributed by atoms with Crippen LogP contribution >= 0.6 is 0 Å². The molecule has 0 aromatic heterocycles. The van der Waals surface area contributed by atoms with Gasteiger partial charge in [0.25, 0.3) is 0 Å². The SMILES string of the molecule is CCCC(OCC)C(O)(OCC)OCC. The molecule has 0 fully saturated rings. The van der Waals surface area contributed by atoms with Crippen molar-refractivity contribution in [3.63, 3.8) is 0 Å². The summed E-state index contributed by atoms with van der Waals surface area (Å²) >= 11 is 0. The van der Waals surface area contributed by atoms with Gasteiger partial charge in [0, 0.05) is 19.8 Å². The average Bonchev–Trinajstić information content (AvgIpc) is 2.18. The van der Waals surface area contributed by atoms with E-state index >= 15 is 0 Å². The minimum Gasteiger partial charge on any atom is -0.370 e. The van der Waals surface area contributed by atoms with E-state index in [2.05, 4.69) is 0 Å². The maximum atomic E-state index is 10.2. The van der Waals surface area contributed by atoms with E-state index in [0.717, 1.165) is 6.42 Å². The molecule has 1 N–H and O–H groups in total. The van der Waals surface area contributed by atoms with Crippen LogP contribution in [0.1, 0.15) is 40.5 Å². The number of rotatable bonds is 9. The van der Waals surface area contributed by atoms with Crippen LogP contribution in [0.3, 0.4) is 0 Å². The van der Waals surface area contributed by atoms with E-state index in [9.17, 15) is 5.11 Å². The highest BCUT2D eigenvalue weighted by Gasteiger charge is 2.39. The fourth-order valence-corrected chi connectivity index (χ4v) is 1.48. The molecule has 0 aliphatic rings. The zero-order valence-electron chi connectivity index (χ0n) is 10.3. The monoisotopic (exact) mass is 220 g/mol. The first-order chi connectivity index (χ1) is 7.14. The Morgan fingerprint density at radius 1 is 1.00 bits per heavy atom. The highest BCUT2D eigenvalue weighted by Crippen LogP contribution is 2.22. The van der Waals surface area contributed by atoms with Crippen LogP contribution in [0, 0.1) is 0 Å². The molecule has 0 radical (unpaired) electrons. The molecule has 0 rings (SSSR count). The molecule has 92 valence electrons. The Labute approximate surface area is 92.5 Å². The molecule has 4 nitrogen and oxygen atoms in total. The van der Waals surface area contributed by atoms with E-state index in [1.54, 1.807) is 0 Å². The van der Waals surface area contributed by atoms with Gasteiger partial charge in [-0.15, -0.1) is 0 Å². The predicted molar refractivity (Wildman–Crippen MR) is 58.5 cm³/mol. The zero-order valence-corrected chi connectivity index (χ0v) is 10.3. The first kappa shape index (κ1) is 14.8. The lowest BCUT2D eigenvalue weighted by Gasteiger charge is -2.34. The molecule has 1 atom stereocenters. The van der Waals surface area contributed by atoms with Gasteiger partial charge < -0.3 is 19.3 Å². The number of hydrogen-bond donors (Lipinski definition) is 1. The van der Waals surface area contributed by atoms with Crippen LogP contribution in [0.2, 0.25) is 0 Å². The molecule has 0 amide bonds. The van der Waals surface area contributed by atoms with Crippen molar-refractivity contribution in [2.45, 2.75) is 52.6 Å². The second kappa shape index (κ2) is 8.05. The normalized spacial score (nSPS) is 14.2. The van der Waals surface area contributed by atoms with Gasteiger partial charge >= 0.3 is 5.97 Å². The third-order valence-corrected chi connectivity index (χ3v) is 2.03. The Hall–Kier alpha value is -0.160. The molecule has 0 aliphatic carbocycles. The van der Waals surface area contributed by atoms with Crippen LogP contribution in [-0.2, 0) is 14.2 Å². The third-order valence-electron chi connectivity index (χ3n) is 2.03. The molecule has 0 spiro atoms. The summed E-state index contributed by atoms with van der Waals surface area (Å²) in [4.78, 5) is 0. The highest BCUT2D eigenvalue weighted by molar-refractivity contribution is 4.69. The molecular weight excluding hydrogens is 196 g/mol. The van der Waals surface area contributed by atoms with Crippen molar-refractivity contribution in [2.24, 2.45) is 0 Å². The van der Waals surface area contributed by atoms with Crippen LogP contribution in [0.5, 0.6) is 0 Å². The lowest BCUT2D eigenvalue weighted by atomic mass is 10.1. The Bertz CT molecular complexity index is 138. The van der Waals surface area contributed by atoms with Crippen molar-refractivity contribution >= 4 is 0 Å². The molecule has 15 heavy (non-hydrogen) atoms. The molecule has 0 saturated carbocycles. The summed E-state index contributed by atoms with van der Waals surface area (Å²) in [6.45, 7) is 8.88. The number of ether oxygens (including phenoxy) is 3. The second-order valence-electron chi connectivity index (χ2n) is 3.23. The Balaban J connectivity index is 4.48. The van der Waals surface area contributed by atoms with Gasteiger partial charge in [0.05, 0.1) is 0 Å². The third kappa shape index (κ3) is 4.93. The van der Waals surface area contributed by atoms with Crippen LogP contribution in [0.4, 0.5) is 0 Å². The molecule has 0 bridgehead atoms. The predicted octanol–water partition coefficient (Wildman–Crippen LogP) is 1.91. The van der Waals surface area contributed by atoms with E-state index in [1.165, 1.54) is 0 Å². The zero-order chi connectivity index (χ0) is 11.7. The molecule has 1 unspecified atom stereocenters. The van der Waals surface area contributed by atoms with Gasteiger partial charge in [-0.05, 0) is 27.2 Å². The summed E-state index contributed by atoms with van der Waals surface area (Å²) < 4.78 is 15.9. The summed E-state index contributed by atoms with van der Waals surface area (Å²) in [6.07, 6.45) is 1.20. The fraction of sp³-hybridized carbons (Fsp3) is 1.00. The van der Waals surface area contributed by atoms with Crippen LogP contribution in [-0.4, -0.2) is 37.0 Å². The standard InChI is InChI=1S/C11H24O4/c1-5-9-10(13-6-2)11(12,14-7-3)15-8-4/h10,12H,5-9H2,1-4H3. The van der Waals surface area contributed by atoms with Crippen molar-refractivity contribution < 1.29 is 19.3 Å². The van der Waals surface area contributed by atoms with E-state index < -0.39 is 12.1 Å². The highest BCUT2D eigenvalue weighted by atomic mass is 16.8. The molecule has 0 aliphatic heterocycles. The van der Waals surface area contributed by atoms with Crippen molar-refractivity contribution in [2.75, 3.05) is 19.8 Å². The first-order valence-electron chi connectivity index (χ1n) is 5.76. The van der Waals surface area contributed by atoms with Gasteiger partial charge in [-0.1, -0.05) is 13.3 Å². The molecular formula is C11H24O4. The van der Waals surface area contributed by atoms with Crippen LogP contribution in [0.15, 0.2) is 0 Å². The minimum absolute atomic E-state index is 0.393. The van der Waals surface area contributed by atoms with E-state index in [1.807, 2.05) is 27.7 Å². The van der Waals surface area contributed by atoms with E-state index in [0.29, 0.717) is 26.2 Å². The van der Waals surface area contributed by atoms with Gasteiger partial charge in [-0.3, -0.25) is 0 Å². The first-order valence-corrected chi connectivity index (χ1v) is 5.76. The molecule has 0 saturated heterocycles. The lowest BCUT2D eigenvalue weighted by Crippen LogP contribution is -2.49. The van der Waals surface area contributed by atoms with Gasteiger partial charge in [0.15, 0.2) is 0 Å². The Morgan fingerprint density at radius 3 is 1.87 bits per heavy atom. The summed E-state index contributed by atoms with van der Waals surface area (Å²) in [7, 11) is 0. The minimum atomic E-state index is -1.60. The largest absolute Gasteiger partial charge is 0.370 e. The maximum absolute atomic E-state index is 10.2. The van der Waals surface area contributed by atoms with Crippen LogP contribution < -0.4 is 0 Å². The molecule has 0 aromatic carbocycles. The lowest BCUT2D eigenvalue weighted by molar-refractivity contribution is -0.398. The average molecular weight is 220 g/mol. The van der Waals surface area contributed by atoms with Crippen molar-refractivity contribution in [3.8, 4) is 0 Å². The van der Waals surface area contributed by atoms with Crippen molar-refractivity contribution in [1.82, 2.24) is 0 Å². The van der Waals surface area contributed by atoms with E-state index in [-0.39, 0.29) is 0 Å². The number of hydrogen-bond acceptors (Lipinski definition) is 4. The maximum Gasteiger partial charge on any atom is 0.308 e. The van der Waals surface area contributed by atoms with E-state index in [4.69, 9.17) is 14.2 Å². The molecule has 0 heterocycles. The van der Waals surface area contributed by atoms with Gasteiger partial charge in [-0.2, -0.15) is 0 Å². The second-order valence-corrected chi connectivity index (χ2v) is 3.23. The summed E-state index contributed by atoms with van der Waals surface area (Å²) in [5.74, 6) is -1.60. The Kier molecular flexibility index (Phi) is 7.96. The summed E-state index contributed by atoms with van der Waals surface area (Å²) in [5, 5.41) is 10.2. The number of aliphatic hydroxyl groups is 1. The topological polar surface area (TPSA) is 47.9 Å².